The third-order valence-electron chi connectivity index (χ3n) is 4.32. The number of pyridine rings is 1. The van der Waals surface area contributed by atoms with Crippen molar-refractivity contribution in [1.29, 1.82) is 0 Å². The van der Waals surface area contributed by atoms with Crippen molar-refractivity contribution in [2.45, 2.75) is 97.4 Å². The molecule has 1 aromatic heterocycles. The number of unbranched alkanes of at least 4 members (excludes halogenated alkanes) is 9. The molecule has 1 nitrogen and oxygen atoms in total. The van der Waals surface area contributed by atoms with Crippen LogP contribution in [-0.2, 0) is 13.0 Å². The van der Waals surface area contributed by atoms with E-state index in [1.165, 1.54) is 89.3 Å². The summed E-state index contributed by atoms with van der Waals surface area (Å²) in [6.07, 6.45) is 18.8. The lowest BCUT2D eigenvalue weighted by Gasteiger charge is -2.04. The maximum absolute atomic E-state index is 2.47. The van der Waals surface area contributed by atoms with Gasteiger partial charge in [-0.1, -0.05) is 71.3 Å². The molecule has 0 aliphatic carbocycles. The second-order valence-corrected chi connectivity index (χ2v) is 6.32. The predicted octanol–water partition coefficient (Wildman–Crippen LogP) is 2.85. The maximum Gasteiger partial charge on any atom is 0.181 e. The van der Waals surface area contributed by atoms with E-state index < -0.39 is 0 Å². The van der Waals surface area contributed by atoms with Gasteiger partial charge < -0.3 is 12.4 Å². The van der Waals surface area contributed by atoms with E-state index in [0.717, 1.165) is 0 Å². The zero-order chi connectivity index (χ0) is 15.2. The van der Waals surface area contributed by atoms with Gasteiger partial charge in [0.1, 0.15) is 6.54 Å². The molecule has 1 rings (SSSR count). The zero-order valence-corrected chi connectivity index (χ0v) is 15.6. The van der Waals surface area contributed by atoms with Gasteiger partial charge in [-0.2, -0.15) is 0 Å². The molecular weight excluding hydrogens is 290 g/mol. The third-order valence-corrected chi connectivity index (χ3v) is 4.32. The standard InChI is InChI=1S/C20H36N.ClH/c1-3-5-7-8-9-10-11-12-14-18-21-19-15-13-17-20(21)16-6-4-2;/h13,15,17,19H,3-12,14,16,18H2,1-2H3;1H/q+1;/p-1. The molecule has 0 radical (unpaired) electrons. The van der Waals surface area contributed by atoms with Crippen molar-refractivity contribution >= 4 is 0 Å². The van der Waals surface area contributed by atoms with Crippen molar-refractivity contribution in [3.63, 3.8) is 0 Å². The van der Waals surface area contributed by atoms with Crippen LogP contribution >= 0.6 is 0 Å². The second-order valence-electron chi connectivity index (χ2n) is 6.32. The summed E-state index contributed by atoms with van der Waals surface area (Å²) < 4.78 is 2.47. The highest BCUT2D eigenvalue weighted by atomic mass is 35.5. The van der Waals surface area contributed by atoms with Crippen LogP contribution in [0.3, 0.4) is 0 Å². The lowest BCUT2D eigenvalue weighted by molar-refractivity contribution is -0.704. The fourth-order valence-corrected chi connectivity index (χ4v) is 2.91. The Morgan fingerprint density at radius 3 is 1.95 bits per heavy atom. The summed E-state index contributed by atoms with van der Waals surface area (Å²) >= 11 is 0. The molecule has 0 N–H and O–H groups in total. The molecule has 128 valence electrons. The van der Waals surface area contributed by atoms with Crippen molar-refractivity contribution < 1.29 is 17.0 Å². The Labute approximate surface area is 144 Å². The Bertz CT molecular complexity index is 351. The van der Waals surface area contributed by atoms with Gasteiger partial charge in [-0.05, 0) is 12.8 Å². The van der Waals surface area contributed by atoms with Gasteiger partial charge in [-0.15, -0.1) is 0 Å². The summed E-state index contributed by atoms with van der Waals surface area (Å²) in [5.74, 6) is 0. The average Bonchev–Trinajstić information content (AvgIpc) is 2.52. The lowest BCUT2D eigenvalue weighted by atomic mass is 10.1. The van der Waals surface area contributed by atoms with E-state index in [-0.39, 0.29) is 12.4 Å². The van der Waals surface area contributed by atoms with Crippen molar-refractivity contribution in [2.75, 3.05) is 0 Å². The first-order chi connectivity index (χ1) is 10.4. The van der Waals surface area contributed by atoms with Crippen molar-refractivity contribution in [1.82, 2.24) is 0 Å². The quantitative estimate of drug-likeness (QED) is 0.388. The van der Waals surface area contributed by atoms with Gasteiger partial charge in [0.05, 0.1) is 0 Å². The van der Waals surface area contributed by atoms with Gasteiger partial charge in [-0.25, -0.2) is 4.57 Å². The van der Waals surface area contributed by atoms with E-state index in [9.17, 15) is 0 Å². The summed E-state index contributed by atoms with van der Waals surface area (Å²) in [5.41, 5.74) is 1.51. The zero-order valence-electron chi connectivity index (χ0n) is 14.8. The topological polar surface area (TPSA) is 3.88 Å². The molecule has 22 heavy (non-hydrogen) atoms. The van der Waals surface area contributed by atoms with Crippen LogP contribution in [0, 0.1) is 0 Å². The largest absolute Gasteiger partial charge is 1.00 e. The molecule has 0 spiro atoms. The van der Waals surface area contributed by atoms with E-state index in [1.54, 1.807) is 0 Å². The minimum atomic E-state index is 0. The fourth-order valence-electron chi connectivity index (χ4n) is 2.91. The van der Waals surface area contributed by atoms with E-state index in [2.05, 4.69) is 42.8 Å². The first-order valence-corrected chi connectivity index (χ1v) is 9.35. The monoisotopic (exact) mass is 325 g/mol. The number of nitrogens with zero attached hydrogens (tertiary/aromatic N) is 1. The minimum Gasteiger partial charge on any atom is -1.00 e. The van der Waals surface area contributed by atoms with Crippen molar-refractivity contribution in [2.24, 2.45) is 0 Å². The molecule has 1 heterocycles. The third kappa shape index (κ3) is 10.2. The Morgan fingerprint density at radius 1 is 0.727 bits per heavy atom. The normalized spacial score (nSPS) is 10.5. The van der Waals surface area contributed by atoms with Crippen LogP contribution in [0.4, 0.5) is 0 Å². The first kappa shape index (κ1) is 21.4. The fraction of sp³-hybridized carbons (Fsp3) is 0.750. The molecule has 0 atom stereocenters. The van der Waals surface area contributed by atoms with Gasteiger partial charge in [0.15, 0.2) is 11.9 Å². The maximum atomic E-state index is 2.47. The van der Waals surface area contributed by atoms with Gasteiger partial charge in [0.25, 0.3) is 0 Å². The Hall–Kier alpha value is -0.560. The molecule has 1 aromatic rings. The molecule has 0 aromatic carbocycles. The van der Waals surface area contributed by atoms with Crippen molar-refractivity contribution in [3.05, 3.63) is 30.1 Å². The smallest absolute Gasteiger partial charge is 0.181 e. The molecular formula is C20H36ClN. The van der Waals surface area contributed by atoms with Gasteiger partial charge in [-0.3, -0.25) is 0 Å². The molecule has 0 bridgehead atoms. The number of rotatable bonds is 13. The molecule has 0 aliphatic heterocycles. The summed E-state index contributed by atoms with van der Waals surface area (Å²) in [7, 11) is 0. The molecule has 0 aliphatic rings. The predicted molar refractivity (Wildman–Crippen MR) is 92.5 cm³/mol. The van der Waals surface area contributed by atoms with E-state index in [1.807, 2.05) is 0 Å². The first-order valence-electron chi connectivity index (χ1n) is 9.35. The van der Waals surface area contributed by atoms with Crippen LogP contribution in [0.2, 0.25) is 0 Å². The highest BCUT2D eigenvalue weighted by Crippen LogP contribution is 2.09. The number of halogens is 1. The Kier molecular flexibility index (Phi) is 14.9. The van der Waals surface area contributed by atoms with Gasteiger partial charge >= 0.3 is 0 Å². The molecule has 0 saturated heterocycles. The van der Waals surface area contributed by atoms with Crippen LogP contribution in [0.1, 0.15) is 90.2 Å². The summed E-state index contributed by atoms with van der Waals surface area (Å²) in [4.78, 5) is 0. The summed E-state index contributed by atoms with van der Waals surface area (Å²) in [5, 5.41) is 0. The molecule has 0 unspecified atom stereocenters. The molecule has 2 heteroatoms. The van der Waals surface area contributed by atoms with E-state index in [4.69, 9.17) is 0 Å². The Balaban J connectivity index is 0.00000441. The van der Waals surface area contributed by atoms with Crippen LogP contribution in [0.5, 0.6) is 0 Å². The molecule has 0 amide bonds. The summed E-state index contributed by atoms with van der Waals surface area (Å²) in [6, 6.07) is 6.64. The number of aryl methyl sites for hydroxylation is 2. The Morgan fingerprint density at radius 2 is 1.32 bits per heavy atom. The van der Waals surface area contributed by atoms with Crippen LogP contribution in [0.25, 0.3) is 0 Å². The summed E-state index contributed by atoms with van der Waals surface area (Å²) in [6.45, 7) is 5.76. The van der Waals surface area contributed by atoms with Crippen LogP contribution in [0.15, 0.2) is 24.4 Å². The lowest BCUT2D eigenvalue weighted by Crippen LogP contribution is -3.00. The van der Waals surface area contributed by atoms with Crippen LogP contribution in [-0.4, -0.2) is 0 Å². The highest BCUT2D eigenvalue weighted by Gasteiger charge is 2.08. The van der Waals surface area contributed by atoms with E-state index in [0.29, 0.717) is 0 Å². The van der Waals surface area contributed by atoms with E-state index >= 15 is 0 Å². The molecule has 0 saturated carbocycles. The molecule has 0 fully saturated rings. The average molecular weight is 326 g/mol. The van der Waals surface area contributed by atoms with Crippen molar-refractivity contribution in [3.8, 4) is 0 Å². The SMILES string of the molecule is CCCCCCCCCCC[n+]1ccccc1CCCC.[Cl-]. The number of aromatic nitrogens is 1. The minimum absolute atomic E-state index is 0. The second kappa shape index (κ2) is 15.3. The van der Waals surface area contributed by atoms with Gasteiger partial charge in [0.2, 0.25) is 0 Å². The number of hydrogen-bond acceptors (Lipinski definition) is 0. The van der Waals surface area contributed by atoms with Gasteiger partial charge in [0, 0.05) is 25.0 Å². The highest BCUT2D eigenvalue weighted by molar-refractivity contribution is 4.97. The van der Waals surface area contributed by atoms with Crippen LogP contribution < -0.4 is 17.0 Å². The number of hydrogen-bond donors (Lipinski definition) is 0.